The predicted molar refractivity (Wildman–Crippen MR) is 101 cm³/mol. The lowest BCUT2D eigenvalue weighted by Crippen LogP contribution is -2.31. The van der Waals surface area contributed by atoms with Crippen LogP contribution in [0.25, 0.3) is 0 Å². The van der Waals surface area contributed by atoms with Crippen LogP contribution >= 0.6 is 0 Å². The molecule has 2 rings (SSSR count). The summed E-state index contributed by atoms with van der Waals surface area (Å²) in [6.45, 7) is 7.54. The molecule has 0 aliphatic heterocycles. The van der Waals surface area contributed by atoms with Gasteiger partial charge in [-0.25, -0.2) is 0 Å². The van der Waals surface area contributed by atoms with Crippen molar-refractivity contribution in [2.24, 2.45) is 0 Å². The summed E-state index contributed by atoms with van der Waals surface area (Å²) >= 11 is 0. The smallest absolute Gasteiger partial charge is 0.239 e. The minimum atomic E-state index is 0.0340. The maximum atomic E-state index is 12.0. The number of aryl methyl sites for hydroxylation is 1. The molecule has 0 aliphatic rings. The first-order chi connectivity index (χ1) is 11.5. The van der Waals surface area contributed by atoms with E-state index in [2.05, 4.69) is 49.6 Å². The van der Waals surface area contributed by atoms with Crippen LogP contribution in [0.15, 0.2) is 54.6 Å². The van der Waals surface area contributed by atoms with E-state index in [1.54, 1.807) is 0 Å². The van der Waals surface area contributed by atoms with Gasteiger partial charge in [-0.15, -0.1) is 0 Å². The number of amides is 1. The summed E-state index contributed by atoms with van der Waals surface area (Å²) in [7, 11) is 0. The molecular weight excluding hydrogens is 296 g/mol. The number of rotatable bonds is 7. The highest BCUT2D eigenvalue weighted by atomic mass is 16.1. The Balaban J connectivity index is 1.74. The van der Waals surface area contributed by atoms with Crippen LogP contribution in [-0.2, 0) is 16.6 Å². The summed E-state index contributed by atoms with van der Waals surface area (Å²) < 4.78 is 0. The van der Waals surface area contributed by atoms with Crippen molar-refractivity contribution in [2.45, 2.75) is 39.0 Å². The minimum Gasteiger partial charge on any atom is -0.376 e. The van der Waals surface area contributed by atoms with Crippen LogP contribution in [0.4, 0.5) is 5.69 Å². The van der Waals surface area contributed by atoms with E-state index in [9.17, 15) is 4.79 Å². The molecule has 2 aromatic carbocycles. The van der Waals surface area contributed by atoms with Crippen molar-refractivity contribution in [3.05, 3.63) is 65.7 Å². The van der Waals surface area contributed by atoms with Crippen molar-refractivity contribution >= 4 is 11.6 Å². The van der Waals surface area contributed by atoms with Crippen molar-refractivity contribution < 1.29 is 4.79 Å². The van der Waals surface area contributed by atoms with Crippen LogP contribution < -0.4 is 10.6 Å². The molecule has 0 unspecified atom stereocenters. The zero-order chi connectivity index (χ0) is 17.4. The average molecular weight is 324 g/mol. The van der Waals surface area contributed by atoms with Gasteiger partial charge in [-0.3, -0.25) is 4.79 Å². The SMILES string of the molecule is CC(C)(C)c1ccccc1NCC(=O)NCCCc1ccccc1. The molecule has 0 fully saturated rings. The Bertz CT molecular complexity index is 644. The summed E-state index contributed by atoms with van der Waals surface area (Å²) in [4.78, 5) is 12.0. The van der Waals surface area contributed by atoms with Crippen LogP contribution in [0, 0.1) is 0 Å². The normalized spacial score (nSPS) is 11.1. The van der Waals surface area contributed by atoms with E-state index < -0.39 is 0 Å². The lowest BCUT2D eigenvalue weighted by Gasteiger charge is -2.23. The van der Waals surface area contributed by atoms with Gasteiger partial charge in [0, 0.05) is 12.2 Å². The number of carbonyl (C=O) groups excluding carboxylic acids is 1. The van der Waals surface area contributed by atoms with E-state index in [-0.39, 0.29) is 11.3 Å². The lowest BCUT2D eigenvalue weighted by atomic mass is 9.86. The lowest BCUT2D eigenvalue weighted by molar-refractivity contribution is -0.119. The Morgan fingerprint density at radius 3 is 2.33 bits per heavy atom. The van der Waals surface area contributed by atoms with Crippen LogP contribution in [0.1, 0.15) is 38.3 Å². The molecule has 0 spiro atoms. The third-order valence-corrected chi connectivity index (χ3v) is 3.98. The summed E-state index contributed by atoms with van der Waals surface area (Å²) in [5.41, 5.74) is 3.62. The molecule has 0 atom stereocenters. The largest absolute Gasteiger partial charge is 0.376 e. The maximum absolute atomic E-state index is 12.0. The van der Waals surface area contributed by atoms with Gasteiger partial charge in [0.25, 0.3) is 0 Å². The average Bonchev–Trinajstić information content (AvgIpc) is 2.57. The number of benzene rings is 2. The zero-order valence-electron chi connectivity index (χ0n) is 14.9. The molecule has 0 aliphatic carbocycles. The number of hydrogen-bond acceptors (Lipinski definition) is 2. The number of para-hydroxylation sites is 1. The summed E-state index contributed by atoms with van der Waals surface area (Å²) in [6.07, 6.45) is 1.94. The molecule has 1 amide bonds. The zero-order valence-corrected chi connectivity index (χ0v) is 14.9. The third kappa shape index (κ3) is 5.73. The molecular formula is C21H28N2O. The van der Waals surface area contributed by atoms with Gasteiger partial charge in [0.1, 0.15) is 0 Å². The van der Waals surface area contributed by atoms with Crippen molar-refractivity contribution in [2.75, 3.05) is 18.4 Å². The quantitative estimate of drug-likeness (QED) is 0.751. The summed E-state index contributed by atoms with van der Waals surface area (Å²) in [5.74, 6) is 0.0340. The highest BCUT2D eigenvalue weighted by Crippen LogP contribution is 2.28. The minimum absolute atomic E-state index is 0.0340. The predicted octanol–water partition coefficient (Wildman–Crippen LogP) is 4.15. The monoisotopic (exact) mass is 324 g/mol. The van der Waals surface area contributed by atoms with Crippen molar-refractivity contribution in [1.82, 2.24) is 5.32 Å². The summed E-state index contributed by atoms with van der Waals surface area (Å²) in [6, 6.07) is 18.5. The molecule has 24 heavy (non-hydrogen) atoms. The third-order valence-electron chi connectivity index (χ3n) is 3.98. The first kappa shape index (κ1) is 18.1. The Labute approximate surface area is 145 Å². The van der Waals surface area contributed by atoms with E-state index in [1.165, 1.54) is 11.1 Å². The van der Waals surface area contributed by atoms with Crippen LogP contribution in [-0.4, -0.2) is 19.0 Å². The van der Waals surface area contributed by atoms with Crippen LogP contribution in [0.5, 0.6) is 0 Å². The Morgan fingerprint density at radius 2 is 1.62 bits per heavy atom. The molecule has 3 nitrogen and oxygen atoms in total. The van der Waals surface area contributed by atoms with Gasteiger partial charge in [0.05, 0.1) is 6.54 Å². The van der Waals surface area contributed by atoms with Gasteiger partial charge in [-0.05, 0) is 35.4 Å². The second-order valence-electron chi connectivity index (χ2n) is 7.09. The van der Waals surface area contributed by atoms with E-state index in [1.807, 2.05) is 36.4 Å². The van der Waals surface area contributed by atoms with Gasteiger partial charge >= 0.3 is 0 Å². The fourth-order valence-corrected chi connectivity index (χ4v) is 2.69. The molecule has 0 heterocycles. The molecule has 0 saturated heterocycles. The van der Waals surface area contributed by atoms with Gasteiger partial charge in [-0.1, -0.05) is 69.3 Å². The van der Waals surface area contributed by atoms with Crippen molar-refractivity contribution in [3.8, 4) is 0 Å². The van der Waals surface area contributed by atoms with Gasteiger partial charge in [0.15, 0.2) is 0 Å². The molecule has 0 saturated carbocycles. The molecule has 0 bridgehead atoms. The number of carbonyl (C=O) groups is 1. The van der Waals surface area contributed by atoms with E-state index in [0.717, 1.165) is 18.5 Å². The molecule has 0 aromatic heterocycles. The maximum Gasteiger partial charge on any atom is 0.239 e. The Hall–Kier alpha value is -2.29. The van der Waals surface area contributed by atoms with Crippen molar-refractivity contribution in [3.63, 3.8) is 0 Å². The molecule has 2 aromatic rings. The first-order valence-corrected chi connectivity index (χ1v) is 8.61. The molecule has 3 heteroatoms. The molecule has 0 radical (unpaired) electrons. The highest BCUT2D eigenvalue weighted by molar-refractivity contribution is 5.81. The molecule has 2 N–H and O–H groups in total. The fraction of sp³-hybridized carbons (Fsp3) is 0.381. The summed E-state index contributed by atoms with van der Waals surface area (Å²) in [5, 5.41) is 6.25. The highest BCUT2D eigenvalue weighted by Gasteiger charge is 2.17. The van der Waals surface area contributed by atoms with Crippen molar-refractivity contribution in [1.29, 1.82) is 0 Å². The van der Waals surface area contributed by atoms with Gasteiger partial charge in [-0.2, -0.15) is 0 Å². The first-order valence-electron chi connectivity index (χ1n) is 8.61. The fourth-order valence-electron chi connectivity index (χ4n) is 2.69. The second-order valence-corrected chi connectivity index (χ2v) is 7.09. The topological polar surface area (TPSA) is 41.1 Å². The van der Waals surface area contributed by atoms with Gasteiger partial charge < -0.3 is 10.6 Å². The number of hydrogen-bond donors (Lipinski definition) is 2. The van der Waals surface area contributed by atoms with Crippen LogP contribution in [0.2, 0.25) is 0 Å². The number of nitrogens with one attached hydrogen (secondary N) is 2. The second kappa shape index (κ2) is 8.53. The standard InChI is InChI=1S/C21H28N2O/c1-21(2,3)18-13-7-8-14-19(18)23-16-20(24)22-15-9-12-17-10-5-4-6-11-17/h4-8,10-11,13-14,23H,9,12,15-16H2,1-3H3,(H,22,24). The number of anilines is 1. The Kier molecular flexibility index (Phi) is 6.42. The van der Waals surface area contributed by atoms with Crippen LogP contribution in [0.3, 0.4) is 0 Å². The van der Waals surface area contributed by atoms with E-state index in [0.29, 0.717) is 13.1 Å². The molecule has 128 valence electrons. The van der Waals surface area contributed by atoms with E-state index in [4.69, 9.17) is 0 Å². The Morgan fingerprint density at radius 1 is 0.958 bits per heavy atom. The van der Waals surface area contributed by atoms with E-state index >= 15 is 0 Å². The van der Waals surface area contributed by atoms with Gasteiger partial charge in [0.2, 0.25) is 5.91 Å².